The van der Waals surface area contributed by atoms with Crippen LogP contribution in [-0.2, 0) is 0 Å². The molecule has 1 heterocycles. The van der Waals surface area contributed by atoms with Crippen molar-refractivity contribution in [1.29, 1.82) is 0 Å². The summed E-state index contributed by atoms with van der Waals surface area (Å²) in [6.07, 6.45) is -0.786. The van der Waals surface area contributed by atoms with E-state index in [9.17, 15) is 9.50 Å². The molecule has 76 valence electrons. The highest BCUT2D eigenvalue weighted by molar-refractivity contribution is 5.37. The average molecular weight is 198 g/mol. The Hall–Kier alpha value is -1.13. The van der Waals surface area contributed by atoms with Gasteiger partial charge >= 0.3 is 0 Å². The van der Waals surface area contributed by atoms with Gasteiger partial charge in [-0.3, -0.25) is 0 Å². The fraction of sp³-hybridized carbons (Fsp3) is 0.400. The minimum Gasteiger partial charge on any atom is -0.487 e. The molecule has 3 nitrogen and oxygen atoms in total. The van der Waals surface area contributed by atoms with Gasteiger partial charge in [-0.1, -0.05) is 0 Å². The summed E-state index contributed by atoms with van der Waals surface area (Å²) < 4.78 is 18.1. The highest BCUT2D eigenvalue weighted by Gasteiger charge is 2.26. The van der Waals surface area contributed by atoms with Crippen LogP contribution in [0.25, 0.3) is 0 Å². The summed E-state index contributed by atoms with van der Waals surface area (Å²) in [5.74, 6) is -0.0858. The van der Waals surface area contributed by atoms with Crippen LogP contribution in [0.3, 0.4) is 0 Å². The van der Waals surface area contributed by atoms with Gasteiger partial charge in [0, 0.05) is 18.1 Å². The molecule has 2 rings (SSSR count). The highest BCUT2D eigenvalue weighted by atomic mass is 19.1. The third-order valence-electron chi connectivity index (χ3n) is 2.32. The molecule has 2 N–H and O–H groups in total. The summed E-state index contributed by atoms with van der Waals surface area (Å²) in [6.45, 7) is -0.174. The van der Waals surface area contributed by atoms with E-state index in [1.807, 2.05) is 0 Å². The summed E-state index contributed by atoms with van der Waals surface area (Å²) >= 11 is 0. The molecule has 1 unspecified atom stereocenters. The largest absolute Gasteiger partial charge is 0.487 e. The fourth-order valence-electron chi connectivity index (χ4n) is 1.60. The minimum atomic E-state index is -0.684. The SMILES string of the molecule is OCC1C[C@H](O)c2ccc(F)cc2O1. The van der Waals surface area contributed by atoms with Crippen molar-refractivity contribution < 1.29 is 19.3 Å². The molecule has 1 aromatic carbocycles. The molecule has 0 aliphatic carbocycles. The van der Waals surface area contributed by atoms with E-state index in [0.29, 0.717) is 17.7 Å². The van der Waals surface area contributed by atoms with Crippen molar-refractivity contribution in [1.82, 2.24) is 0 Å². The van der Waals surface area contributed by atoms with Crippen molar-refractivity contribution in [2.45, 2.75) is 18.6 Å². The second kappa shape index (κ2) is 3.55. The summed E-state index contributed by atoms with van der Waals surface area (Å²) in [6, 6.07) is 4.01. The number of hydrogen-bond donors (Lipinski definition) is 2. The second-order valence-electron chi connectivity index (χ2n) is 3.36. The Bertz CT molecular complexity index is 340. The van der Waals surface area contributed by atoms with Crippen LogP contribution < -0.4 is 4.74 Å². The molecule has 0 radical (unpaired) electrons. The Kier molecular flexibility index (Phi) is 2.39. The molecule has 0 saturated heterocycles. The third-order valence-corrected chi connectivity index (χ3v) is 2.32. The lowest BCUT2D eigenvalue weighted by Crippen LogP contribution is -2.28. The van der Waals surface area contributed by atoms with Crippen LogP contribution in [0.4, 0.5) is 4.39 Å². The Morgan fingerprint density at radius 3 is 3.00 bits per heavy atom. The first-order chi connectivity index (χ1) is 6.70. The second-order valence-corrected chi connectivity index (χ2v) is 3.36. The summed E-state index contributed by atoms with van der Waals surface area (Å²) in [4.78, 5) is 0. The van der Waals surface area contributed by atoms with Gasteiger partial charge in [-0.2, -0.15) is 0 Å². The molecule has 0 fully saturated rings. The van der Waals surface area contributed by atoms with Crippen LogP contribution in [0.2, 0.25) is 0 Å². The van der Waals surface area contributed by atoms with Gasteiger partial charge < -0.3 is 14.9 Å². The molecule has 0 amide bonds. The van der Waals surface area contributed by atoms with Gasteiger partial charge in [-0.05, 0) is 12.1 Å². The van der Waals surface area contributed by atoms with Crippen LogP contribution in [0, 0.1) is 5.82 Å². The molecule has 2 atom stereocenters. The van der Waals surface area contributed by atoms with E-state index >= 15 is 0 Å². The van der Waals surface area contributed by atoms with E-state index in [0.717, 1.165) is 0 Å². The topological polar surface area (TPSA) is 49.7 Å². The van der Waals surface area contributed by atoms with E-state index in [2.05, 4.69) is 0 Å². The maximum atomic E-state index is 12.8. The van der Waals surface area contributed by atoms with Gasteiger partial charge in [0.1, 0.15) is 17.7 Å². The van der Waals surface area contributed by atoms with Crippen molar-refractivity contribution in [2.75, 3.05) is 6.61 Å². The number of hydrogen-bond acceptors (Lipinski definition) is 3. The first-order valence-corrected chi connectivity index (χ1v) is 4.45. The zero-order valence-electron chi connectivity index (χ0n) is 7.48. The molecular formula is C10H11FO3. The molecule has 0 aromatic heterocycles. The molecule has 0 saturated carbocycles. The van der Waals surface area contributed by atoms with Crippen molar-refractivity contribution in [3.8, 4) is 5.75 Å². The van der Waals surface area contributed by atoms with Crippen LogP contribution in [0.5, 0.6) is 5.75 Å². The standard InChI is InChI=1S/C10H11FO3/c11-6-1-2-8-9(13)4-7(5-12)14-10(8)3-6/h1-3,7,9,12-13H,4-5H2/t7?,9-/m0/s1. The molecular weight excluding hydrogens is 187 g/mol. The van der Waals surface area contributed by atoms with Crippen molar-refractivity contribution in [3.05, 3.63) is 29.6 Å². The van der Waals surface area contributed by atoms with Crippen molar-refractivity contribution in [2.24, 2.45) is 0 Å². The zero-order valence-corrected chi connectivity index (χ0v) is 7.48. The maximum Gasteiger partial charge on any atom is 0.128 e. The lowest BCUT2D eigenvalue weighted by atomic mass is 9.99. The number of rotatable bonds is 1. The Balaban J connectivity index is 2.35. The highest BCUT2D eigenvalue weighted by Crippen LogP contribution is 2.34. The number of aliphatic hydroxyl groups is 2. The maximum absolute atomic E-state index is 12.8. The first-order valence-electron chi connectivity index (χ1n) is 4.45. The number of halogens is 1. The average Bonchev–Trinajstić information content (AvgIpc) is 2.16. The fourth-order valence-corrected chi connectivity index (χ4v) is 1.60. The van der Waals surface area contributed by atoms with Gasteiger partial charge in [-0.15, -0.1) is 0 Å². The quantitative estimate of drug-likeness (QED) is 0.707. The molecule has 0 spiro atoms. The zero-order chi connectivity index (χ0) is 10.1. The summed E-state index contributed by atoms with van der Waals surface area (Å²) in [5, 5.41) is 18.5. The van der Waals surface area contributed by atoms with Crippen LogP contribution in [0.15, 0.2) is 18.2 Å². The van der Waals surface area contributed by atoms with Gasteiger partial charge in [0.05, 0.1) is 12.7 Å². The van der Waals surface area contributed by atoms with Crippen molar-refractivity contribution >= 4 is 0 Å². The molecule has 4 heteroatoms. The Morgan fingerprint density at radius 1 is 1.50 bits per heavy atom. The number of benzene rings is 1. The lowest BCUT2D eigenvalue weighted by molar-refractivity contribution is 0.0330. The van der Waals surface area contributed by atoms with Gasteiger partial charge in [0.25, 0.3) is 0 Å². The van der Waals surface area contributed by atoms with Gasteiger partial charge in [0.2, 0.25) is 0 Å². The first kappa shape index (κ1) is 9.43. The van der Waals surface area contributed by atoms with Gasteiger partial charge in [0.15, 0.2) is 0 Å². The molecule has 0 bridgehead atoms. The molecule has 1 aromatic rings. The van der Waals surface area contributed by atoms with Crippen LogP contribution >= 0.6 is 0 Å². The van der Waals surface area contributed by atoms with Gasteiger partial charge in [-0.25, -0.2) is 4.39 Å². The van der Waals surface area contributed by atoms with E-state index in [1.165, 1.54) is 18.2 Å². The third kappa shape index (κ3) is 1.58. The molecule has 14 heavy (non-hydrogen) atoms. The minimum absolute atomic E-state index is 0.174. The summed E-state index contributed by atoms with van der Waals surface area (Å²) in [7, 11) is 0. The van der Waals surface area contributed by atoms with Crippen molar-refractivity contribution in [3.63, 3.8) is 0 Å². The van der Waals surface area contributed by atoms with Crippen LogP contribution in [-0.4, -0.2) is 22.9 Å². The molecule has 1 aliphatic heterocycles. The predicted octanol–water partition coefficient (Wildman–Crippen LogP) is 1.00. The predicted molar refractivity (Wildman–Crippen MR) is 47.5 cm³/mol. The number of fused-ring (bicyclic) bond motifs is 1. The Morgan fingerprint density at radius 2 is 2.29 bits per heavy atom. The van der Waals surface area contributed by atoms with Crippen LogP contribution in [0.1, 0.15) is 18.1 Å². The summed E-state index contributed by atoms with van der Waals surface area (Å²) in [5.41, 5.74) is 0.580. The monoisotopic (exact) mass is 198 g/mol. The molecule has 1 aliphatic rings. The van der Waals surface area contributed by atoms with E-state index in [1.54, 1.807) is 0 Å². The number of ether oxygens (including phenoxy) is 1. The van der Waals surface area contributed by atoms with E-state index in [4.69, 9.17) is 9.84 Å². The Labute approximate surface area is 80.8 Å². The smallest absolute Gasteiger partial charge is 0.128 e. The number of aliphatic hydroxyl groups excluding tert-OH is 2. The normalized spacial score (nSPS) is 25.4. The van der Waals surface area contributed by atoms with E-state index < -0.39 is 18.0 Å². The van der Waals surface area contributed by atoms with E-state index in [-0.39, 0.29) is 6.61 Å². The lowest BCUT2D eigenvalue weighted by Gasteiger charge is -2.28.